The number of carbonyl (C=O) groups is 1. The summed E-state index contributed by atoms with van der Waals surface area (Å²) in [5.74, 6) is 4.25. The minimum atomic E-state index is -3.91. The predicted molar refractivity (Wildman–Crippen MR) is 72.2 cm³/mol. The van der Waals surface area contributed by atoms with Crippen LogP contribution >= 0.6 is 0 Å². The highest BCUT2D eigenvalue weighted by molar-refractivity contribution is 7.89. The van der Waals surface area contributed by atoms with Crippen molar-refractivity contribution in [1.82, 2.24) is 4.72 Å². The van der Waals surface area contributed by atoms with Gasteiger partial charge in [0, 0.05) is 5.56 Å². The van der Waals surface area contributed by atoms with E-state index in [0.29, 0.717) is 0 Å². The lowest BCUT2D eigenvalue weighted by Gasteiger charge is -2.13. The summed E-state index contributed by atoms with van der Waals surface area (Å²) in [6, 6.07) is 5.04. The van der Waals surface area contributed by atoms with Crippen molar-refractivity contribution in [3.63, 3.8) is 0 Å². The second-order valence-electron chi connectivity index (χ2n) is 3.82. The third-order valence-electron chi connectivity index (χ3n) is 2.37. The number of benzene rings is 1. The van der Waals surface area contributed by atoms with Crippen LogP contribution < -0.4 is 4.72 Å². The molecule has 0 fully saturated rings. The molecule has 1 aromatic carbocycles. The van der Waals surface area contributed by atoms with E-state index in [1.807, 2.05) is 0 Å². The quantitative estimate of drug-likeness (QED) is 0.596. The van der Waals surface area contributed by atoms with Gasteiger partial charge in [0.2, 0.25) is 10.0 Å². The first-order valence-electron chi connectivity index (χ1n) is 5.71. The Morgan fingerprint density at radius 1 is 1.45 bits per heavy atom. The number of aliphatic hydroxyl groups excluding tert-OH is 1. The van der Waals surface area contributed by atoms with Crippen molar-refractivity contribution in [2.45, 2.75) is 17.9 Å². The summed E-state index contributed by atoms with van der Waals surface area (Å²) in [6.07, 6.45) is 0. The van der Waals surface area contributed by atoms with E-state index in [4.69, 9.17) is 5.11 Å². The lowest BCUT2D eigenvalue weighted by Crippen LogP contribution is -2.39. The molecule has 0 spiro atoms. The standard InChI is InChI=1S/C13H15NO5S/c1-10(13(16)19-2)14-20(17,18)12-8-4-3-6-11(12)7-5-9-15/h3-4,6,8,10,14-15H,9H2,1-2H3. The maximum atomic E-state index is 12.2. The van der Waals surface area contributed by atoms with E-state index >= 15 is 0 Å². The molecule has 1 aromatic rings. The summed E-state index contributed by atoms with van der Waals surface area (Å²) in [6.45, 7) is 1.01. The molecule has 1 unspecified atom stereocenters. The zero-order chi connectivity index (χ0) is 15.2. The first-order chi connectivity index (χ1) is 9.42. The molecule has 108 valence electrons. The molecular weight excluding hydrogens is 282 g/mol. The second-order valence-corrected chi connectivity index (χ2v) is 5.50. The third-order valence-corrected chi connectivity index (χ3v) is 3.96. The van der Waals surface area contributed by atoms with Crippen molar-refractivity contribution in [2.75, 3.05) is 13.7 Å². The van der Waals surface area contributed by atoms with Gasteiger partial charge in [-0.25, -0.2) is 8.42 Å². The highest BCUT2D eigenvalue weighted by Crippen LogP contribution is 2.14. The van der Waals surface area contributed by atoms with Crippen LogP contribution in [0.3, 0.4) is 0 Å². The van der Waals surface area contributed by atoms with E-state index in [1.54, 1.807) is 12.1 Å². The Morgan fingerprint density at radius 3 is 2.70 bits per heavy atom. The van der Waals surface area contributed by atoms with Gasteiger partial charge in [-0.2, -0.15) is 4.72 Å². The number of carbonyl (C=O) groups excluding carboxylic acids is 1. The van der Waals surface area contributed by atoms with E-state index in [2.05, 4.69) is 21.3 Å². The first-order valence-corrected chi connectivity index (χ1v) is 7.19. The van der Waals surface area contributed by atoms with Crippen molar-refractivity contribution in [3.05, 3.63) is 29.8 Å². The van der Waals surface area contributed by atoms with Gasteiger partial charge in [-0.3, -0.25) is 4.79 Å². The van der Waals surface area contributed by atoms with E-state index in [9.17, 15) is 13.2 Å². The molecule has 6 nitrogen and oxygen atoms in total. The topological polar surface area (TPSA) is 92.7 Å². The van der Waals surface area contributed by atoms with Gasteiger partial charge in [0.05, 0.1) is 12.0 Å². The maximum Gasteiger partial charge on any atom is 0.323 e. The molecular formula is C13H15NO5S. The fourth-order valence-electron chi connectivity index (χ4n) is 1.46. The molecule has 0 aliphatic carbocycles. The van der Waals surface area contributed by atoms with Crippen LogP contribution in [0.25, 0.3) is 0 Å². The van der Waals surface area contributed by atoms with Gasteiger partial charge in [0.1, 0.15) is 12.6 Å². The average Bonchev–Trinajstić information content (AvgIpc) is 2.43. The smallest absolute Gasteiger partial charge is 0.323 e. The summed E-state index contributed by atoms with van der Waals surface area (Å²) < 4.78 is 31.1. The number of rotatable bonds is 4. The molecule has 0 aliphatic heterocycles. The molecule has 20 heavy (non-hydrogen) atoms. The lowest BCUT2D eigenvalue weighted by atomic mass is 10.2. The van der Waals surface area contributed by atoms with E-state index < -0.39 is 22.0 Å². The number of nitrogens with one attached hydrogen (secondary N) is 1. The molecule has 0 saturated carbocycles. The van der Waals surface area contributed by atoms with Crippen LogP contribution in [-0.4, -0.2) is 39.3 Å². The van der Waals surface area contributed by atoms with Gasteiger partial charge < -0.3 is 9.84 Å². The number of methoxy groups -OCH3 is 1. The summed E-state index contributed by atoms with van der Waals surface area (Å²) in [4.78, 5) is 11.2. The van der Waals surface area contributed by atoms with Gasteiger partial charge in [-0.15, -0.1) is 0 Å². The summed E-state index contributed by atoms with van der Waals surface area (Å²) in [7, 11) is -2.74. The third kappa shape index (κ3) is 4.06. The molecule has 1 atom stereocenters. The molecule has 0 amide bonds. The first kappa shape index (κ1) is 16.2. The van der Waals surface area contributed by atoms with Crippen LogP contribution in [-0.2, 0) is 19.6 Å². The Kier molecular flexibility index (Phi) is 5.70. The van der Waals surface area contributed by atoms with Crippen molar-refractivity contribution >= 4 is 16.0 Å². The van der Waals surface area contributed by atoms with Gasteiger partial charge in [-0.05, 0) is 19.1 Å². The summed E-state index contributed by atoms with van der Waals surface area (Å²) in [5.41, 5.74) is 0.242. The largest absolute Gasteiger partial charge is 0.468 e. The molecule has 2 N–H and O–H groups in total. The molecule has 0 aliphatic rings. The van der Waals surface area contributed by atoms with Crippen LogP contribution in [0.15, 0.2) is 29.2 Å². The Balaban J connectivity index is 3.13. The molecule has 7 heteroatoms. The number of ether oxygens (including phenoxy) is 1. The predicted octanol–water partition coefficient (Wildman–Crippen LogP) is -0.130. The molecule has 0 aromatic heterocycles. The summed E-state index contributed by atoms with van der Waals surface area (Å²) >= 11 is 0. The minimum absolute atomic E-state index is 0.0586. The number of aliphatic hydroxyl groups is 1. The minimum Gasteiger partial charge on any atom is -0.468 e. The van der Waals surface area contributed by atoms with Gasteiger partial charge in [-0.1, -0.05) is 24.0 Å². The van der Waals surface area contributed by atoms with Crippen LogP contribution in [0.5, 0.6) is 0 Å². The molecule has 0 saturated heterocycles. The molecule has 0 bridgehead atoms. The van der Waals surface area contributed by atoms with Crippen molar-refractivity contribution in [3.8, 4) is 11.8 Å². The van der Waals surface area contributed by atoms with Gasteiger partial charge in [0.25, 0.3) is 0 Å². The monoisotopic (exact) mass is 297 g/mol. The highest BCUT2D eigenvalue weighted by atomic mass is 32.2. The summed E-state index contributed by atoms with van der Waals surface area (Å²) in [5, 5.41) is 8.67. The SMILES string of the molecule is COC(=O)C(C)NS(=O)(=O)c1ccccc1C#CCO. The van der Waals surface area contributed by atoms with Crippen LogP contribution in [0.2, 0.25) is 0 Å². The number of hydrogen-bond acceptors (Lipinski definition) is 5. The van der Waals surface area contributed by atoms with Crippen molar-refractivity contribution < 1.29 is 23.1 Å². The normalized spacial score (nSPS) is 12.2. The van der Waals surface area contributed by atoms with Gasteiger partial charge >= 0.3 is 5.97 Å². The van der Waals surface area contributed by atoms with E-state index in [0.717, 1.165) is 0 Å². The zero-order valence-corrected chi connectivity index (χ0v) is 11.9. The van der Waals surface area contributed by atoms with Crippen molar-refractivity contribution in [1.29, 1.82) is 0 Å². The Morgan fingerprint density at radius 2 is 2.10 bits per heavy atom. The van der Waals surface area contributed by atoms with Crippen LogP contribution in [0.1, 0.15) is 12.5 Å². The second kappa shape index (κ2) is 7.05. The average molecular weight is 297 g/mol. The Bertz CT molecular complexity index is 642. The number of sulfonamides is 1. The van der Waals surface area contributed by atoms with E-state index in [1.165, 1.54) is 26.2 Å². The molecule has 0 radical (unpaired) electrons. The Hall–Kier alpha value is -1.88. The zero-order valence-electron chi connectivity index (χ0n) is 11.1. The molecule has 1 rings (SSSR count). The Labute approximate surface area is 117 Å². The van der Waals surface area contributed by atoms with Crippen LogP contribution in [0, 0.1) is 11.8 Å². The fraction of sp³-hybridized carbons (Fsp3) is 0.308. The number of esters is 1. The van der Waals surface area contributed by atoms with Gasteiger partial charge in [0.15, 0.2) is 0 Å². The fourth-order valence-corrected chi connectivity index (χ4v) is 2.82. The maximum absolute atomic E-state index is 12.2. The van der Waals surface area contributed by atoms with Crippen molar-refractivity contribution in [2.24, 2.45) is 0 Å². The molecule has 0 heterocycles. The van der Waals surface area contributed by atoms with Crippen LogP contribution in [0.4, 0.5) is 0 Å². The lowest BCUT2D eigenvalue weighted by molar-refractivity contribution is -0.142. The number of hydrogen-bond donors (Lipinski definition) is 2. The van der Waals surface area contributed by atoms with E-state index in [-0.39, 0.29) is 17.1 Å². The highest BCUT2D eigenvalue weighted by Gasteiger charge is 2.24.